The van der Waals surface area contributed by atoms with Crippen LogP contribution >= 0.6 is 23.5 Å². The third-order valence-electron chi connectivity index (χ3n) is 10.3. The smallest absolute Gasteiger partial charge is 0.164 e. The van der Waals surface area contributed by atoms with Crippen molar-refractivity contribution in [3.8, 4) is 51.0 Å². The molecule has 3 heterocycles. The Morgan fingerprint density at radius 3 is 1.62 bits per heavy atom. The first-order valence-corrected chi connectivity index (χ1v) is 19.9. The quantitative estimate of drug-likeness (QED) is 0.176. The first-order valence-electron chi connectivity index (χ1n) is 18.3. The lowest BCUT2D eigenvalue weighted by atomic mass is 10.0. The summed E-state index contributed by atoms with van der Waals surface area (Å²) in [6.07, 6.45) is 0. The maximum atomic E-state index is 5.01. The minimum absolute atomic E-state index is 0.640. The van der Waals surface area contributed by atoms with Gasteiger partial charge in [-0.05, 0) is 70.4 Å². The minimum atomic E-state index is 0.640. The van der Waals surface area contributed by atoms with E-state index in [1.54, 1.807) is 0 Å². The summed E-state index contributed by atoms with van der Waals surface area (Å²) in [4.78, 5) is 20.1. The normalized spacial score (nSPS) is 12.2. The van der Waals surface area contributed by atoms with Crippen LogP contribution in [0, 0.1) is 0 Å². The number of benzene rings is 8. The van der Waals surface area contributed by atoms with Gasteiger partial charge in [-0.15, -0.1) is 0 Å². The van der Waals surface area contributed by atoms with Crippen LogP contribution in [0.2, 0.25) is 0 Å². The molecule has 55 heavy (non-hydrogen) atoms. The van der Waals surface area contributed by atoms with E-state index < -0.39 is 0 Å². The first kappa shape index (κ1) is 32.0. The zero-order chi connectivity index (χ0) is 36.3. The lowest BCUT2D eigenvalue weighted by Crippen LogP contribution is -2.00. The highest BCUT2D eigenvalue weighted by atomic mass is 32.2. The molecule has 1 aliphatic heterocycles. The van der Waals surface area contributed by atoms with Crippen molar-refractivity contribution in [1.82, 2.24) is 19.5 Å². The maximum Gasteiger partial charge on any atom is 0.164 e. The molecule has 4 nitrogen and oxygen atoms in total. The van der Waals surface area contributed by atoms with Crippen LogP contribution in [0.3, 0.4) is 0 Å². The first-order chi connectivity index (χ1) is 27.2. The minimum Gasteiger partial charge on any atom is -0.308 e. The summed E-state index contributed by atoms with van der Waals surface area (Å²) in [6, 6.07) is 64.5. The Kier molecular flexibility index (Phi) is 7.64. The fraction of sp³-hybridized carbons (Fsp3) is 0. The third kappa shape index (κ3) is 5.61. The molecule has 0 fully saturated rings. The van der Waals surface area contributed by atoms with E-state index in [-0.39, 0.29) is 0 Å². The second-order valence-corrected chi connectivity index (χ2v) is 15.8. The summed E-state index contributed by atoms with van der Waals surface area (Å²) in [5, 5.41) is 4.99. The van der Waals surface area contributed by atoms with Gasteiger partial charge >= 0.3 is 0 Å². The van der Waals surface area contributed by atoms with Crippen molar-refractivity contribution in [2.45, 2.75) is 19.6 Å². The Bertz CT molecular complexity index is 3040. The summed E-state index contributed by atoms with van der Waals surface area (Å²) >= 11 is 3.74. The zero-order valence-electron chi connectivity index (χ0n) is 29.4. The number of aromatic nitrogens is 4. The molecule has 1 aliphatic rings. The van der Waals surface area contributed by atoms with Crippen LogP contribution in [0.25, 0.3) is 83.6 Å². The van der Waals surface area contributed by atoms with E-state index in [0.717, 1.165) is 33.5 Å². The monoisotopic (exact) mass is 738 g/mol. The molecule has 11 rings (SSSR count). The van der Waals surface area contributed by atoms with Crippen molar-refractivity contribution >= 4 is 56.1 Å². The Morgan fingerprint density at radius 2 is 0.909 bits per heavy atom. The maximum absolute atomic E-state index is 5.01. The number of nitrogens with zero attached hydrogens (tertiary/aromatic N) is 4. The SMILES string of the molecule is c1ccc(-c2nc(-c3ccccc3)nc(-c3cccc(-c4cccc(-n5c6cc7ccccc7cc6c6ccc7c(c65)Sc5ccccc5S7)c4)c3)n2)cc1. The summed E-state index contributed by atoms with van der Waals surface area (Å²) < 4.78 is 2.48. The Balaban J connectivity index is 1.08. The molecule has 6 heteroatoms. The Labute approximate surface area is 326 Å². The average Bonchev–Trinajstić information content (AvgIpc) is 3.59. The van der Waals surface area contributed by atoms with Gasteiger partial charge < -0.3 is 4.57 Å². The van der Waals surface area contributed by atoms with Crippen LogP contribution < -0.4 is 0 Å². The Morgan fingerprint density at radius 1 is 0.364 bits per heavy atom. The molecule has 0 N–H and O–H groups in total. The van der Waals surface area contributed by atoms with Gasteiger partial charge in [0.1, 0.15) is 0 Å². The van der Waals surface area contributed by atoms with Crippen molar-refractivity contribution in [1.29, 1.82) is 0 Å². The number of rotatable bonds is 5. The fourth-order valence-corrected chi connectivity index (χ4v) is 10.0. The molecule has 8 aromatic carbocycles. The van der Waals surface area contributed by atoms with Crippen molar-refractivity contribution in [3.63, 3.8) is 0 Å². The van der Waals surface area contributed by atoms with Gasteiger partial charge in [-0.2, -0.15) is 0 Å². The van der Waals surface area contributed by atoms with Crippen LogP contribution in [0.5, 0.6) is 0 Å². The highest BCUT2D eigenvalue weighted by Gasteiger charge is 2.24. The van der Waals surface area contributed by atoms with Gasteiger partial charge in [0, 0.05) is 47.8 Å². The molecule has 0 aliphatic carbocycles. The van der Waals surface area contributed by atoms with Crippen molar-refractivity contribution < 1.29 is 0 Å². The van der Waals surface area contributed by atoms with Crippen molar-refractivity contribution in [2.24, 2.45) is 0 Å². The van der Waals surface area contributed by atoms with Gasteiger partial charge in [0.25, 0.3) is 0 Å². The van der Waals surface area contributed by atoms with E-state index in [4.69, 9.17) is 15.0 Å². The van der Waals surface area contributed by atoms with E-state index in [0.29, 0.717) is 17.5 Å². The van der Waals surface area contributed by atoms with Crippen LogP contribution in [0.4, 0.5) is 0 Å². The molecule has 0 amide bonds. The van der Waals surface area contributed by atoms with E-state index in [1.807, 2.05) is 84.2 Å². The van der Waals surface area contributed by atoms with Crippen LogP contribution in [0.15, 0.2) is 202 Å². The summed E-state index contributed by atoms with van der Waals surface area (Å²) in [7, 11) is 0. The van der Waals surface area contributed by atoms with E-state index in [1.165, 1.54) is 52.2 Å². The average molecular weight is 739 g/mol. The van der Waals surface area contributed by atoms with E-state index in [9.17, 15) is 0 Å². The number of hydrogen-bond donors (Lipinski definition) is 0. The standard InChI is InChI=1S/C49H30N4S2/c1-3-13-31(14-4-1)47-50-48(32-15-5-2-6-16-32)52-49(51-47)37-21-11-19-33(27-37)34-20-12-22-38(28-34)53-41-30-36-18-8-7-17-35(36)29-40(41)39-25-26-44-46(45(39)53)55-43-24-10-9-23-42(43)54-44/h1-30H. The van der Waals surface area contributed by atoms with Gasteiger partial charge in [-0.25, -0.2) is 15.0 Å². The van der Waals surface area contributed by atoms with Gasteiger partial charge in [-0.3, -0.25) is 0 Å². The molecule has 0 saturated heterocycles. The van der Waals surface area contributed by atoms with E-state index in [2.05, 4.69) is 126 Å². The second kappa shape index (κ2) is 13.1. The lowest BCUT2D eigenvalue weighted by Gasteiger charge is -2.20. The molecule has 0 spiro atoms. The zero-order valence-corrected chi connectivity index (χ0v) is 31.1. The van der Waals surface area contributed by atoms with Gasteiger partial charge in [0.05, 0.1) is 15.9 Å². The van der Waals surface area contributed by atoms with Crippen molar-refractivity contribution in [2.75, 3.05) is 0 Å². The molecule has 0 unspecified atom stereocenters. The molecule has 0 saturated carbocycles. The summed E-state index contributed by atoms with van der Waals surface area (Å²) in [5.41, 5.74) is 8.61. The predicted octanol–water partition coefficient (Wildman–Crippen LogP) is 13.4. The fourth-order valence-electron chi connectivity index (χ4n) is 7.64. The molecule has 10 aromatic rings. The van der Waals surface area contributed by atoms with Gasteiger partial charge in [-0.1, -0.05) is 157 Å². The summed E-state index contributed by atoms with van der Waals surface area (Å²) in [6.45, 7) is 0. The molecular weight excluding hydrogens is 709 g/mol. The molecule has 258 valence electrons. The van der Waals surface area contributed by atoms with Gasteiger partial charge in [0.15, 0.2) is 17.5 Å². The lowest BCUT2D eigenvalue weighted by molar-refractivity contribution is 1.07. The number of hydrogen-bond acceptors (Lipinski definition) is 5. The molecule has 0 atom stereocenters. The van der Waals surface area contributed by atoms with Crippen LogP contribution in [0.1, 0.15) is 0 Å². The van der Waals surface area contributed by atoms with Crippen molar-refractivity contribution in [3.05, 3.63) is 182 Å². The highest BCUT2D eigenvalue weighted by Crippen LogP contribution is 2.52. The highest BCUT2D eigenvalue weighted by molar-refractivity contribution is 8.05. The third-order valence-corrected chi connectivity index (χ3v) is 12.8. The number of fused-ring (bicyclic) bond motifs is 7. The topological polar surface area (TPSA) is 43.6 Å². The molecule has 0 bridgehead atoms. The second-order valence-electron chi connectivity index (χ2n) is 13.7. The predicted molar refractivity (Wildman–Crippen MR) is 228 cm³/mol. The van der Waals surface area contributed by atoms with E-state index >= 15 is 0 Å². The van der Waals surface area contributed by atoms with Crippen LogP contribution in [-0.2, 0) is 0 Å². The molecule has 2 aromatic heterocycles. The largest absolute Gasteiger partial charge is 0.308 e. The Hall–Kier alpha value is -6.47. The van der Waals surface area contributed by atoms with Crippen LogP contribution in [-0.4, -0.2) is 19.5 Å². The summed E-state index contributed by atoms with van der Waals surface area (Å²) in [5.74, 6) is 1.94. The molecular formula is C49H30N4S2. The van der Waals surface area contributed by atoms with Gasteiger partial charge in [0.2, 0.25) is 0 Å². The molecule has 0 radical (unpaired) electrons.